The first-order valence-electron chi connectivity index (χ1n) is 4.28. The second-order valence-electron chi connectivity index (χ2n) is 3.05. The molecule has 0 atom stereocenters. The summed E-state index contributed by atoms with van der Waals surface area (Å²) in [7, 11) is -2.71. The second-order valence-corrected chi connectivity index (χ2v) is 5.40. The molecule has 0 aromatic heterocycles. The number of nitrogens with zero attached hydrogens (tertiary/aromatic N) is 1. The monoisotopic (exact) mass is 211 g/mol. The summed E-state index contributed by atoms with van der Waals surface area (Å²) in [5.41, 5.74) is 1.27. The molecule has 4 heteroatoms. The summed E-state index contributed by atoms with van der Waals surface area (Å²) in [5, 5.41) is 8.69. The van der Waals surface area contributed by atoms with E-state index in [-0.39, 0.29) is 5.75 Å². The average molecular weight is 211 g/mol. The van der Waals surface area contributed by atoms with Crippen LogP contribution in [0.25, 0.3) is 0 Å². The van der Waals surface area contributed by atoms with E-state index in [1.807, 2.05) is 6.07 Å². The summed E-state index contributed by atoms with van der Waals surface area (Å²) in [6, 6.07) is 6.94. The molecule has 0 aliphatic carbocycles. The molecule has 3 nitrogen and oxygen atoms in total. The third-order valence-electron chi connectivity index (χ3n) is 2.07. The maximum atomic E-state index is 9.72. The fraction of sp³-hybridized carbons (Fsp3) is 0.300. The first kappa shape index (κ1) is 11.1. The quantitative estimate of drug-likeness (QED) is 0.790. The molecule has 0 aliphatic rings. The Bertz CT molecular complexity index is 382. The maximum absolute atomic E-state index is 9.72. The Labute approximate surface area is 85.3 Å². The van der Waals surface area contributed by atoms with Crippen LogP contribution in [0, 0.1) is 18.3 Å². The molecule has 2 N–H and O–H groups in total. The molecule has 0 aliphatic heterocycles. The Hall–Kier alpha value is -1.02. The van der Waals surface area contributed by atoms with Crippen molar-refractivity contribution < 1.29 is 9.11 Å². The summed E-state index contributed by atoms with van der Waals surface area (Å²) < 4.78 is 19.4. The van der Waals surface area contributed by atoms with E-state index in [4.69, 9.17) is 5.26 Å². The fourth-order valence-corrected chi connectivity index (χ4v) is 2.39. The van der Waals surface area contributed by atoms with E-state index in [9.17, 15) is 9.11 Å². The van der Waals surface area contributed by atoms with Crippen LogP contribution in [-0.4, -0.2) is 14.9 Å². The largest absolute Gasteiger partial charge is 0.295 e. The van der Waals surface area contributed by atoms with Crippen LogP contribution in [0.2, 0.25) is 0 Å². The van der Waals surface area contributed by atoms with Crippen LogP contribution in [0.1, 0.15) is 18.1 Å². The van der Waals surface area contributed by atoms with Gasteiger partial charge < -0.3 is 0 Å². The molecular formula is C10H13NO2S. The van der Waals surface area contributed by atoms with E-state index in [2.05, 4.69) is 0 Å². The van der Waals surface area contributed by atoms with E-state index < -0.39 is 10.6 Å². The lowest BCUT2D eigenvalue weighted by Gasteiger charge is -2.32. The first-order valence-corrected chi connectivity index (χ1v) is 5.99. The Morgan fingerprint density at radius 1 is 1.43 bits per heavy atom. The minimum atomic E-state index is -2.71. The molecule has 14 heavy (non-hydrogen) atoms. The van der Waals surface area contributed by atoms with Gasteiger partial charge in [0, 0.05) is 5.75 Å². The molecule has 0 amide bonds. The van der Waals surface area contributed by atoms with Crippen molar-refractivity contribution in [3.63, 3.8) is 0 Å². The number of rotatable bonds is 2. The van der Waals surface area contributed by atoms with Gasteiger partial charge in [0.1, 0.15) is 0 Å². The maximum Gasteiger partial charge on any atom is 0.0992 e. The molecule has 0 saturated carbocycles. The SMILES string of the molecule is CCS(O)(O)c1cc(C#N)ccc1C. The molecule has 0 bridgehead atoms. The van der Waals surface area contributed by atoms with Gasteiger partial charge in [0.2, 0.25) is 0 Å². The van der Waals surface area contributed by atoms with E-state index in [1.54, 1.807) is 32.0 Å². The van der Waals surface area contributed by atoms with Crippen LogP contribution in [0.4, 0.5) is 0 Å². The Morgan fingerprint density at radius 2 is 2.07 bits per heavy atom. The minimum absolute atomic E-state index is 0.280. The van der Waals surface area contributed by atoms with Crippen LogP contribution in [0.3, 0.4) is 0 Å². The highest BCUT2D eigenvalue weighted by Crippen LogP contribution is 2.49. The van der Waals surface area contributed by atoms with E-state index >= 15 is 0 Å². The predicted molar refractivity (Wildman–Crippen MR) is 57.5 cm³/mol. The van der Waals surface area contributed by atoms with Crippen molar-refractivity contribution in [3.8, 4) is 6.07 Å². The van der Waals surface area contributed by atoms with Crippen molar-refractivity contribution in [2.75, 3.05) is 5.75 Å². The standard InChI is InChI=1S/C10H13NO2S/c1-3-14(12,13)10-6-9(7-11)5-4-8(10)2/h4-6,12-13H,3H2,1-2H3. The van der Waals surface area contributed by atoms with Crippen molar-refractivity contribution in [2.45, 2.75) is 18.7 Å². The van der Waals surface area contributed by atoms with Gasteiger partial charge in [0.05, 0.1) is 16.5 Å². The van der Waals surface area contributed by atoms with Gasteiger partial charge in [0.15, 0.2) is 0 Å². The van der Waals surface area contributed by atoms with Crippen molar-refractivity contribution in [1.82, 2.24) is 0 Å². The Balaban J connectivity index is 3.27. The molecule has 0 radical (unpaired) electrons. The van der Waals surface area contributed by atoms with Gasteiger partial charge in [-0.1, -0.05) is 6.07 Å². The summed E-state index contributed by atoms with van der Waals surface area (Å²) in [6.07, 6.45) is 0. The normalized spacial score (nSPS) is 12.2. The smallest absolute Gasteiger partial charge is 0.0992 e. The fourth-order valence-electron chi connectivity index (χ4n) is 1.18. The van der Waals surface area contributed by atoms with Gasteiger partial charge >= 0.3 is 0 Å². The van der Waals surface area contributed by atoms with Gasteiger partial charge in [-0.15, -0.1) is 0 Å². The topological polar surface area (TPSA) is 64.2 Å². The highest BCUT2D eigenvalue weighted by atomic mass is 32.3. The molecule has 0 heterocycles. The Kier molecular flexibility index (Phi) is 3.17. The first-order chi connectivity index (χ1) is 6.51. The molecule has 1 aromatic rings. The zero-order chi connectivity index (χ0) is 10.8. The van der Waals surface area contributed by atoms with Crippen molar-refractivity contribution >= 4 is 10.6 Å². The summed E-state index contributed by atoms with van der Waals surface area (Å²) in [5.74, 6) is 0.280. The summed E-state index contributed by atoms with van der Waals surface area (Å²) >= 11 is 0. The molecule has 76 valence electrons. The van der Waals surface area contributed by atoms with Gasteiger partial charge in [-0.2, -0.15) is 15.9 Å². The molecule has 1 aromatic carbocycles. The van der Waals surface area contributed by atoms with Crippen LogP contribution in [-0.2, 0) is 0 Å². The number of hydrogen-bond donors (Lipinski definition) is 2. The van der Waals surface area contributed by atoms with Crippen LogP contribution in [0.5, 0.6) is 0 Å². The van der Waals surface area contributed by atoms with Crippen LogP contribution in [0.15, 0.2) is 23.1 Å². The zero-order valence-electron chi connectivity index (χ0n) is 8.19. The van der Waals surface area contributed by atoms with Crippen LogP contribution < -0.4 is 0 Å². The number of aryl methyl sites for hydroxylation is 1. The number of hydrogen-bond acceptors (Lipinski definition) is 3. The molecule has 0 fully saturated rings. The van der Waals surface area contributed by atoms with Crippen molar-refractivity contribution in [2.24, 2.45) is 0 Å². The van der Waals surface area contributed by atoms with Gasteiger partial charge in [-0.05, 0) is 31.5 Å². The van der Waals surface area contributed by atoms with E-state index in [0.29, 0.717) is 10.5 Å². The highest BCUT2D eigenvalue weighted by molar-refractivity contribution is 8.24. The van der Waals surface area contributed by atoms with E-state index in [1.165, 1.54) is 0 Å². The Morgan fingerprint density at radius 3 is 2.57 bits per heavy atom. The lowest BCUT2D eigenvalue weighted by Crippen LogP contribution is -2.03. The van der Waals surface area contributed by atoms with E-state index in [0.717, 1.165) is 5.56 Å². The third-order valence-corrected chi connectivity index (χ3v) is 4.02. The highest BCUT2D eigenvalue weighted by Gasteiger charge is 2.15. The minimum Gasteiger partial charge on any atom is -0.295 e. The number of nitriles is 1. The lowest BCUT2D eigenvalue weighted by molar-refractivity contribution is 0.488. The lowest BCUT2D eigenvalue weighted by atomic mass is 10.2. The average Bonchev–Trinajstić information content (AvgIpc) is 2.18. The number of benzene rings is 1. The molecule has 1 rings (SSSR count). The van der Waals surface area contributed by atoms with Crippen LogP contribution >= 0.6 is 10.6 Å². The third kappa shape index (κ3) is 2.07. The van der Waals surface area contributed by atoms with Gasteiger partial charge in [-0.25, -0.2) is 0 Å². The molecular weight excluding hydrogens is 198 g/mol. The van der Waals surface area contributed by atoms with Gasteiger partial charge in [0.25, 0.3) is 0 Å². The van der Waals surface area contributed by atoms with Crippen molar-refractivity contribution in [1.29, 1.82) is 5.26 Å². The second kappa shape index (κ2) is 4.01. The van der Waals surface area contributed by atoms with Gasteiger partial charge in [-0.3, -0.25) is 9.11 Å². The molecule has 0 spiro atoms. The summed E-state index contributed by atoms with van der Waals surface area (Å²) in [6.45, 7) is 3.52. The zero-order valence-corrected chi connectivity index (χ0v) is 9.01. The molecule has 0 unspecified atom stereocenters. The predicted octanol–water partition coefficient (Wildman–Crippen LogP) is 3.00. The summed E-state index contributed by atoms with van der Waals surface area (Å²) in [4.78, 5) is 0.485. The molecule has 0 saturated heterocycles. The van der Waals surface area contributed by atoms with Crippen molar-refractivity contribution in [3.05, 3.63) is 29.3 Å².